The Balaban J connectivity index is 0.00000121. The molecule has 1 rings (SSSR count). The van der Waals surface area contributed by atoms with Crippen LogP contribution >= 0.6 is 0 Å². The van der Waals surface area contributed by atoms with Crippen molar-refractivity contribution in [2.45, 2.75) is 39.5 Å². The van der Waals surface area contributed by atoms with Crippen LogP contribution in [0.3, 0.4) is 0 Å². The Kier molecular flexibility index (Phi) is 4.65. The Morgan fingerprint density at radius 2 is 1.75 bits per heavy atom. The summed E-state index contributed by atoms with van der Waals surface area (Å²) in [5.74, 6) is 1.84. The SMILES string of the molecule is CC(C)c1[c-]noc1C(C)C.[V]. The van der Waals surface area contributed by atoms with Crippen LogP contribution in [0.25, 0.3) is 0 Å². The van der Waals surface area contributed by atoms with Crippen LogP contribution in [0, 0.1) is 6.20 Å². The van der Waals surface area contributed by atoms with Crippen molar-refractivity contribution in [3.05, 3.63) is 17.5 Å². The maximum atomic E-state index is 5.08. The molecule has 0 atom stereocenters. The zero-order valence-electron chi connectivity index (χ0n) is 7.96. The van der Waals surface area contributed by atoms with Crippen LogP contribution < -0.4 is 0 Å². The average Bonchev–Trinajstić information content (AvgIpc) is 2.32. The number of hydrogen-bond acceptors (Lipinski definition) is 2. The van der Waals surface area contributed by atoms with Gasteiger partial charge in [-0.15, -0.1) is 0 Å². The average molecular weight is 203 g/mol. The molecule has 0 aliphatic carbocycles. The van der Waals surface area contributed by atoms with Gasteiger partial charge in [0.15, 0.2) is 0 Å². The summed E-state index contributed by atoms with van der Waals surface area (Å²) >= 11 is 0. The van der Waals surface area contributed by atoms with E-state index in [1.54, 1.807) is 0 Å². The molecule has 0 fully saturated rings. The monoisotopic (exact) mass is 203 g/mol. The van der Waals surface area contributed by atoms with Crippen molar-refractivity contribution >= 4 is 0 Å². The molecule has 0 saturated carbocycles. The van der Waals surface area contributed by atoms with Gasteiger partial charge in [-0.05, 0) is 5.76 Å². The number of aromatic nitrogens is 1. The van der Waals surface area contributed by atoms with Crippen LogP contribution in [0.4, 0.5) is 0 Å². The van der Waals surface area contributed by atoms with E-state index in [4.69, 9.17) is 4.52 Å². The standard InChI is InChI=1S/C9H14NO.V/c1-6(2)8-5-10-11-9(8)7(3)4;/h6-7H,1-4H3;/q-1;. The maximum Gasteiger partial charge on any atom is 0 e. The topological polar surface area (TPSA) is 26.0 Å². The molecule has 0 aliphatic rings. The third-order valence-corrected chi connectivity index (χ3v) is 1.68. The van der Waals surface area contributed by atoms with Gasteiger partial charge in [-0.3, -0.25) is 0 Å². The van der Waals surface area contributed by atoms with E-state index >= 15 is 0 Å². The van der Waals surface area contributed by atoms with Crippen molar-refractivity contribution in [2.24, 2.45) is 0 Å². The smallest absolute Gasteiger partial charge is 0 e. The van der Waals surface area contributed by atoms with Crippen LogP contribution in [0.15, 0.2) is 4.52 Å². The van der Waals surface area contributed by atoms with E-state index < -0.39 is 0 Å². The molecule has 0 unspecified atom stereocenters. The Morgan fingerprint density at radius 3 is 2.08 bits per heavy atom. The molecule has 0 amide bonds. The molecule has 0 spiro atoms. The third-order valence-electron chi connectivity index (χ3n) is 1.68. The number of hydrogen-bond donors (Lipinski definition) is 0. The minimum Gasteiger partial charge on any atom is -0.470 e. The molecule has 0 N–H and O–H groups in total. The van der Waals surface area contributed by atoms with Crippen LogP contribution in [0.2, 0.25) is 0 Å². The van der Waals surface area contributed by atoms with Gasteiger partial charge in [-0.1, -0.05) is 45.7 Å². The van der Waals surface area contributed by atoms with E-state index in [0.717, 1.165) is 11.3 Å². The van der Waals surface area contributed by atoms with E-state index in [2.05, 4.69) is 39.0 Å². The molecule has 3 heteroatoms. The molecule has 1 radical (unpaired) electrons. The first-order valence-corrected chi connectivity index (χ1v) is 4.00. The summed E-state index contributed by atoms with van der Waals surface area (Å²) in [6.45, 7) is 8.43. The summed E-state index contributed by atoms with van der Waals surface area (Å²) in [5.41, 5.74) is 1.11. The van der Waals surface area contributed by atoms with Crippen molar-refractivity contribution in [3.63, 3.8) is 0 Å². The molecule has 1 aromatic heterocycles. The van der Waals surface area contributed by atoms with Gasteiger partial charge in [-0.25, -0.2) is 5.16 Å². The molecule has 0 aromatic carbocycles. The van der Waals surface area contributed by atoms with Gasteiger partial charge in [0.1, 0.15) is 0 Å². The van der Waals surface area contributed by atoms with Crippen LogP contribution in [0.5, 0.6) is 0 Å². The van der Waals surface area contributed by atoms with Gasteiger partial charge in [0.25, 0.3) is 0 Å². The molecule has 0 bridgehead atoms. The van der Waals surface area contributed by atoms with Crippen molar-refractivity contribution in [2.75, 3.05) is 0 Å². The van der Waals surface area contributed by atoms with Crippen LogP contribution in [0.1, 0.15) is 50.9 Å². The second kappa shape index (κ2) is 4.73. The second-order valence-electron chi connectivity index (χ2n) is 3.38. The molecular formula is C9H14NOV-. The summed E-state index contributed by atoms with van der Waals surface area (Å²) in [6, 6.07) is 0. The second-order valence-corrected chi connectivity index (χ2v) is 3.38. The fourth-order valence-corrected chi connectivity index (χ4v) is 1.06. The zero-order chi connectivity index (χ0) is 8.43. The predicted molar refractivity (Wildman–Crippen MR) is 43.5 cm³/mol. The summed E-state index contributed by atoms with van der Waals surface area (Å²) in [6.07, 6.45) is 2.87. The van der Waals surface area contributed by atoms with Gasteiger partial charge in [0.05, 0.1) is 0 Å². The largest absolute Gasteiger partial charge is 0.470 e. The van der Waals surface area contributed by atoms with Gasteiger partial charge in [0, 0.05) is 18.6 Å². The molecule has 0 saturated heterocycles. The quantitative estimate of drug-likeness (QED) is 0.690. The van der Waals surface area contributed by atoms with E-state index in [1.807, 2.05) is 0 Å². The number of rotatable bonds is 2. The molecule has 1 heterocycles. The van der Waals surface area contributed by atoms with E-state index in [1.165, 1.54) is 0 Å². The summed E-state index contributed by atoms with van der Waals surface area (Å²) in [5, 5.41) is 3.66. The van der Waals surface area contributed by atoms with Crippen molar-refractivity contribution in [1.82, 2.24) is 5.16 Å². The fraction of sp³-hybridized carbons (Fsp3) is 0.667. The van der Waals surface area contributed by atoms with E-state index in [-0.39, 0.29) is 18.6 Å². The minimum absolute atomic E-state index is 0. The first-order valence-electron chi connectivity index (χ1n) is 4.00. The molecular weight excluding hydrogens is 189 g/mol. The van der Waals surface area contributed by atoms with Gasteiger partial charge >= 0.3 is 0 Å². The summed E-state index contributed by atoms with van der Waals surface area (Å²) in [4.78, 5) is 0. The zero-order valence-corrected chi connectivity index (χ0v) is 9.35. The first-order chi connectivity index (χ1) is 5.13. The van der Waals surface area contributed by atoms with Crippen LogP contribution in [-0.4, -0.2) is 5.16 Å². The third kappa shape index (κ3) is 2.39. The van der Waals surface area contributed by atoms with Crippen molar-refractivity contribution in [3.8, 4) is 0 Å². The number of nitrogens with zero attached hydrogens (tertiary/aromatic N) is 1. The first kappa shape index (κ1) is 11.8. The molecule has 12 heavy (non-hydrogen) atoms. The molecule has 1 aromatic rings. The molecule has 0 aliphatic heterocycles. The molecule has 2 nitrogen and oxygen atoms in total. The Labute approximate surface area is 85.6 Å². The Hall–Kier alpha value is -0.206. The van der Waals surface area contributed by atoms with Crippen molar-refractivity contribution < 1.29 is 23.1 Å². The predicted octanol–water partition coefficient (Wildman–Crippen LogP) is 2.72. The van der Waals surface area contributed by atoms with Gasteiger partial charge < -0.3 is 4.52 Å². The van der Waals surface area contributed by atoms with Crippen molar-refractivity contribution in [1.29, 1.82) is 0 Å². The van der Waals surface area contributed by atoms with E-state index in [9.17, 15) is 0 Å². The minimum atomic E-state index is 0. The fourth-order valence-electron chi connectivity index (χ4n) is 1.06. The Morgan fingerprint density at radius 1 is 1.17 bits per heavy atom. The van der Waals surface area contributed by atoms with E-state index in [0.29, 0.717) is 11.8 Å². The molecule has 67 valence electrons. The maximum absolute atomic E-state index is 5.08. The van der Waals surface area contributed by atoms with Crippen LogP contribution in [-0.2, 0) is 18.6 Å². The normalized spacial score (nSPS) is 10.5. The van der Waals surface area contributed by atoms with Gasteiger partial charge in [-0.2, -0.15) is 5.56 Å². The summed E-state index contributed by atoms with van der Waals surface area (Å²) < 4.78 is 5.08. The Bertz CT molecular complexity index is 208. The summed E-state index contributed by atoms with van der Waals surface area (Å²) in [7, 11) is 0. The van der Waals surface area contributed by atoms with Gasteiger partial charge in [0.2, 0.25) is 0 Å².